The van der Waals surface area contributed by atoms with E-state index in [1.54, 1.807) is 13.0 Å². The van der Waals surface area contributed by atoms with Crippen LogP contribution < -0.4 is 10.1 Å². The number of carbonyl (C=O) groups is 1. The first-order valence-corrected chi connectivity index (χ1v) is 10.2. The van der Waals surface area contributed by atoms with Crippen LogP contribution in [-0.4, -0.2) is 28.5 Å². The lowest BCUT2D eigenvalue weighted by Gasteiger charge is -2.14. The molecule has 168 valence electrons. The number of amides is 1. The van der Waals surface area contributed by atoms with Crippen LogP contribution in [0, 0.1) is 6.92 Å². The van der Waals surface area contributed by atoms with E-state index in [1.165, 1.54) is 17.7 Å². The Balaban J connectivity index is 1.56. The summed E-state index contributed by atoms with van der Waals surface area (Å²) in [6, 6.07) is 16.1. The van der Waals surface area contributed by atoms with Crippen LogP contribution in [0.3, 0.4) is 0 Å². The molecule has 2 aromatic carbocycles. The molecule has 0 saturated heterocycles. The SMILES string of the molecule is Cc1cc(OCC(=O)N[C@H](C)CCc2ccccc2)nc(-c2ccc(C(F)(F)F)cc2)n1. The maximum Gasteiger partial charge on any atom is 0.416 e. The van der Waals surface area contributed by atoms with Crippen molar-refractivity contribution in [1.82, 2.24) is 15.3 Å². The van der Waals surface area contributed by atoms with Gasteiger partial charge in [-0.1, -0.05) is 42.5 Å². The summed E-state index contributed by atoms with van der Waals surface area (Å²) in [6.07, 6.45) is -2.77. The highest BCUT2D eigenvalue weighted by molar-refractivity contribution is 5.77. The van der Waals surface area contributed by atoms with Crippen molar-refractivity contribution in [3.8, 4) is 17.3 Å². The van der Waals surface area contributed by atoms with Gasteiger partial charge in [-0.3, -0.25) is 4.79 Å². The summed E-state index contributed by atoms with van der Waals surface area (Å²) in [7, 11) is 0. The second-order valence-electron chi connectivity index (χ2n) is 7.53. The van der Waals surface area contributed by atoms with Crippen LogP contribution in [0.4, 0.5) is 13.2 Å². The molecule has 8 heteroatoms. The summed E-state index contributed by atoms with van der Waals surface area (Å²) in [5.41, 5.74) is 1.45. The van der Waals surface area contributed by atoms with Crippen LogP contribution in [0.2, 0.25) is 0 Å². The third-order valence-corrected chi connectivity index (χ3v) is 4.77. The Morgan fingerprint density at radius 3 is 2.41 bits per heavy atom. The molecule has 0 radical (unpaired) electrons. The molecule has 1 amide bonds. The van der Waals surface area contributed by atoms with Crippen molar-refractivity contribution in [2.45, 2.75) is 38.9 Å². The molecule has 5 nitrogen and oxygen atoms in total. The molecular formula is C24H24F3N3O2. The van der Waals surface area contributed by atoms with E-state index in [2.05, 4.69) is 15.3 Å². The van der Waals surface area contributed by atoms with Crippen LogP contribution in [0.5, 0.6) is 5.88 Å². The minimum Gasteiger partial charge on any atom is -0.467 e. The highest BCUT2D eigenvalue weighted by atomic mass is 19.4. The highest BCUT2D eigenvalue weighted by Gasteiger charge is 2.30. The van der Waals surface area contributed by atoms with E-state index < -0.39 is 11.7 Å². The molecule has 3 aromatic rings. The van der Waals surface area contributed by atoms with Gasteiger partial charge in [0.2, 0.25) is 5.88 Å². The molecule has 0 aliphatic heterocycles. The summed E-state index contributed by atoms with van der Waals surface area (Å²) in [5, 5.41) is 2.89. The standard InChI is InChI=1S/C24H24F3N3O2/c1-16(8-9-18-6-4-3-5-7-18)28-21(31)15-32-22-14-17(2)29-23(30-22)19-10-12-20(13-11-19)24(25,26)27/h3-7,10-14,16H,8-9,15H2,1-2H3,(H,28,31)/t16-/m1/s1. The van der Waals surface area contributed by atoms with E-state index in [9.17, 15) is 18.0 Å². The van der Waals surface area contributed by atoms with Crippen molar-refractivity contribution < 1.29 is 22.7 Å². The fourth-order valence-corrected chi connectivity index (χ4v) is 3.11. The number of rotatable bonds is 8. The zero-order chi connectivity index (χ0) is 23.1. The van der Waals surface area contributed by atoms with Gasteiger partial charge >= 0.3 is 6.18 Å². The third-order valence-electron chi connectivity index (χ3n) is 4.77. The average Bonchev–Trinajstić information content (AvgIpc) is 2.76. The summed E-state index contributed by atoms with van der Waals surface area (Å²) < 4.78 is 43.8. The number of alkyl halides is 3. The Morgan fingerprint density at radius 1 is 1.06 bits per heavy atom. The van der Waals surface area contributed by atoms with Crippen molar-refractivity contribution >= 4 is 5.91 Å². The van der Waals surface area contributed by atoms with E-state index in [4.69, 9.17) is 4.74 Å². The van der Waals surface area contributed by atoms with Gasteiger partial charge in [-0.25, -0.2) is 4.98 Å². The van der Waals surface area contributed by atoms with E-state index in [1.807, 2.05) is 37.3 Å². The Bertz CT molecular complexity index is 1040. The molecule has 0 aliphatic carbocycles. The second kappa shape index (κ2) is 10.3. The first-order chi connectivity index (χ1) is 15.2. The van der Waals surface area contributed by atoms with Gasteiger partial charge < -0.3 is 10.1 Å². The lowest BCUT2D eigenvalue weighted by Crippen LogP contribution is -2.36. The predicted molar refractivity (Wildman–Crippen MR) is 115 cm³/mol. The number of aromatic nitrogens is 2. The molecule has 0 fully saturated rings. The van der Waals surface area contributed by atoms with Gasteiger partial charge in [0.1, 0.15) is 0 Å². The fraction of sp³-hybridized carbons (Fsp3) is 0.292. The molecule has 1 N–H and O–H groups in total. The van der Waals surface area contributed by atoms with Crippen LogP contribution >= 0.6 is 0 Å². The molecule has 1 atom stereocenters. The molecule has 0 unspecified atom stereocenters. The van der Waals surface area contributed by atoms with Gasteiger partial charge in [0.25, 0.3) is 5.91 Å². The van der Waals surface area contributed by atoms with Crippen LogP contribution in [-0.2, 0) is 17.4 Å². The van der Waals surface area contributed by atoms with Crippen molar-refractivity contribution in [3.63, 3.8) is 0 Å². The summed E-state index contributed by atoms with van der Waals surface area (Å²) in [5.74, 6) is 0.128. The summed E-state index contributed by atoms with van der Waals surface area (Å²) in [6.45, 7) is 3.42. The predicted octanol–water partition coefficient (Wildman–Crippen LogP) is 4.99. The van der Waals surface area contributed by atoms with E-state index in [-0.39, 0.29) is 30.3 Å². The smallest absolute Gasteiger partial charge is 0.416 e. The summed E-state index contributed by atoms with van der Waals surface area (Å²) in [4.78, 5) is 20.7. The van der Waals surface area contributed by atoms with Crippen molar-refractivity contribution in [1.29, 1.82) is 0 Å². The molecule has 0 spiro atoms. The Labute approximate surface area is 184 Å². The number of nitrogens with one attached hydrogen (secondary N) is 1. The Kier molecular flexibility index (Phi) is 7.45. The lowest BCUT2D eigenvalue weighted by molar-refractivity contribution is -0.137. The van der Waals surface area contributed by atoms with Gasteiger partial charge in [-0.2, -0.15) is 18.2 Å². The van der Waals surface area contributed by atoms with Crippen molar-refractivity contribution in [3.05, 3.63) is 77.5 Å². The van der Waals surface area contributed by atoms with E-state index in [0.29, 0.717) is 11.3 Å². The van der Waals surface area contributed by atoms with Gasteiger partial charge in [-0.15, -0.1) is 0 Å². The molecular weight excluding hydrogens is 419 g/mol. The number of hydrogen-bond acceptors (Lipinski definition) is 4. The summed E-state index contributed by atoms with van der Waals surface area (Å²) >= 11 is 0. The zero-order valence-electron chi connectivity index (χ0n) is 17.8. The van der Waals surface area contributed by atoms with E-state index >= 15 is 0 Å². The van der Waals surface area contributed by atoms with Crippen LogP contribution in [0.15, 0.2) is 60.7 Å². The maximum atomic E-state index is 12.8. The quantitative estimate of drug-likeness (QED) is 0.533. The maximum absolute atomic E-state index is 12.8. The van der Waals surface area contributed by atoms with Crippen molar-refractivity contribution in [2.24, 2.45) is 0 Å². The minimum absolute atomic E-state index is 0.0267. The first-order valence-electron chi connectivity index (χ1n) is 10.2. The Morgan fingerprint density at radius 2 is 1.75 bits per heavy atom. The molecule has 1 heterocycles. The number of aryl methyl sites for hydroxylation is 2. The van der Waals surface area contributed by atoms with Gasteiger partial charge in [0.15, 0.2) is 12.4 Å². The molecule has 0 aliphatic rings. The van der Waals surface area contributed by atoms with Gasteiger partial charge in [0, 0.05) is 23.4 Å². The number of benzene rings is 2. The zero-order valence-corrected chi connectivity index (χ0v) is 17.8. The first kappa shape index (κ1) is 23.2. The molecule has 0 saturated carbocycles. The second-order valence-corrected chi connectivity index (χ2v) is 7.53. The largest absolute Gasteiger partial charge is 0.467 e. The monoisotopic (exact) mass is 443 g/mol. The molecule has 1 aromatic heterocycles. The molecule has 0 bridgehead atoms. The number of carbonyl (C=O) groups excluding carboxylic acids is 1. The number of ether oxygens (including phenoxy) is 1. The van der Waals surface area contributed by atoms with Crippen LogP contribution in [0.25, 0.3) is 11.4 Å². The Hall–Kier alpha value is -3.42. The normalized spacial score (nSPS) is 12.3. The van der Waals surface area contributed by atoms with Crippen LogP contribution in [0.1, 0.15) is 30.2 Å². The third kappa shape index (κ3) is 6.80. The van der Waals surface area contributed by atoms with Gasteiger partial charge in [0.05, 0.1) is 5.56 Å². The van der Waals surface area contributed by atoms with Crippen molar-refractivity contribution in [2.75, 3.05) is 6.61 Å². The lowest BCUT2D eigenvalue weighted by atomic mass is 10.1. The molecule has 3 rings (SSSR count). The topological polar surface area (TPSA) is 64.1 Å². The van der Waals surface area contributed by atoms with E-state index in [0.717, 1.165) is 25.0 Å². The number of halogens is 3. The minimum atomic E-state index is -4.41. The fourth-order valence-electron chi connectivity index (χ4n) is 3.11. The molecule has 32 heavy (non-hydrogen) atoms. The number of hydrogen-bond donors (Lipinski definition) is 1. The number of nitrogens with zero attached hydrogens (tertiary/aromatic N) is 2. The van der Waals surface area contributed by atoms with Gasteiger partial charge in [-0.05, 0) is 44.4 Å². The highest BCUT2D eigenvalue weighted by Crippen LogP contribution is 2.30. The average molecular weight is 443 g/mol.